The molecule has 2 N–H and O–H groups in total. The van der Waals surface area contributed by atoms with Crippen LogP contribution in [0.15, 0.2) is 53.0 Å². The van der Waals surface area contributed by atoms with E-state index in [4.69, 9.17) is 0 Å². The number of nitrogens with one attached hydrogen (secondary N) is 2. The molecule has 126 valence electrons. The average Bonchev–Trinajstić information content (AvgIpc) is 2.49. The van der Waals surface area contributed by atoms with Crippen LogP contribution in [0.3, 0.4) is 0 Å². The highest BCUT2D eigenvalue weighted by molar-refractivity contribution is 9.10. The fourth-order valence-corrected chi connectivity index (χ4v) is 2.55. The predicted octanol–water partition coefficient (Wildman–Crippen LogP) is 4.71. The number of hydrogen-bond acceptors (Lipinski definition) is 2. The van der Waals surface area contributed by atoms with Crippen molar-refractivity contribution >= 4 is 39.1 Å². The molecule has 2 amide bonds. The molecular weight excluding hydrogens is 368 g/mol. The molecule has 0 saturated heterocycles. The maximum atomic E-state index is 12.0. The van der Waals surface area contributed by atoms with Crippen molar-refractivity contribution in [3.8, 4) is 0 Å². The number of amides is 2. The molecule has 0 atom stereocenters. The number of carbonyl (C=O) groups excluding carboxylic acids is 2. The third kappa shape index (κ3) is 5.20. The molecule has 2 aromatic rings. The van der Waals surface area contributed by atoms with Gasteiger partial charge in [-0.25, -0.2) is 0 Å². The molecule has 0 bridgehead atoms. The van der Waals surface area contributed by atoms with Crippen LogP contribution in [-0.4, -0.2) is 11.8 Å². The Kier molecular flexibility index (Phi) is 5.78. The van der Waals surface area contributed by atoms with Crippen LogP contribution in [0.25, 0.3) is 0 Å². The Morgan fingerprint density at radius 1 is 0.917 bits per heavy atom. The van der Waals surface area contributed by atoms with Gasteiger partial charge in [0.1, 0.15) is 6.42 Å². The van der Waals surface area contributed by atoms with Gasteiger partial charge in [0, 0.05) is 10.2 Å². The van der Waals surface area contributed by atoms with E-state index >= 15 is 0 Å². The van der Waals surface area contributed by atoms with Gasteiger partial charge >= 0.3 is 0 Å². The lowest BCUT2D eigenvalue weighted by Gasteiger charge is -2.19. The van der Waals surface area contributed by atoms with E-state index < -0.39 is 0 Å². The zero-order chi connectivity index (χ0) is 17.7. The highest BCUT2D eigenvalue weighted by Crippen LogP contribution is 2.24. The Labute approximate surface area is 150 Å². The fourth-order valence-electron chi connectivity index (χ4n) is 2.16. The van der Waals surface area contributed by atoms with Gasteiger partial charge in [-0.3, -0.25) is 9.59 Å². The molecule has 0 radical (unpaired) electrons. The maximum Gasteiger partial charge on any atom is 0.233 e. The first kappa shape index (κ1) is 18.2. The van der Waals surface area contributed by atoms with Crippen molar-refractivity contribution < 1.29 is 9.59 Å². The van der Waals surface area contributed by atoms with Crippen LogP contribution >= 0.6 is 15.9 Å². The molecule has 0 aliphatic carbocycles. The number of carbonyl (C=O) groups is 2. The standard InChI is InChI=1S/C19H21BrN2O2/c1-19(2,3)13-8-10-14(11-9-13)21-17(23)12-18(24)22-16-7-5-4-6-15(16)20/h4-11H,12H2,1-3H3,(H,21,23)(H,22,24). The van der Waals surface area contributed by atoms with Gasteiger partial charge in [0.2, 0.25) is 11.8 Å². The monoisotopic (exact) mass is 388 g/mol. The van der Waals surface area contributed by atoms with Crippen LogP contribution in [0.4, 0.5) is 11.4 Å². The molecule has 0 saturated carbocycles. The van der Waals surface area contributed by atoms with Gasteiger partial charge in [-0.2, -0.15) is 0 Å². The first-order valence-corrected chi connectivity index (χ1v) is 8.50. The van der Waals surface area contributed by atoms with Crippen molar-refractivity contribution in [1.82, 2.24) is 0 Å². The second-order valence-corrected chi connectivity index (χ2v) is 7.43. The van der Waals surface area contributed by atoms with Crippen LogP contribution in [0, 0.1) is 0 Å². The normalized spacial score (nSPS) is 11.0. The number of rotatable bonds is 4. The third-order valence-corrected chi connectivity index (χ3v) is 4.20. The molecule has 2 rings (SSSR count). The summed E-state index contributed by atoms with van der Waals surface area (Å²) in [6.45, 7) is 6.39. The van der Waals surface area contributed by atoms with Gasteiger partial charge in [-0.15, -0.1) is 0 Å². The van der Waals surface area contributed by atoms with E-state index in [1.165, 1.54) is 5.56 Å². The Bertz CT molecular complexity index is 734. The molecule has 0 fully saturated rings. The quantitative estimate of drug-likeness (QED) is 0.744. The summed E-state index contributed by atoms with van der Waals surface area (Å²) in [5.41, 5.74) is 2.57. The Hall–Kier alpha value is -2.14. The minimum Gasteiger partial charge on any atom is -0.326 e. The van der Waals surface area contributed by atoms with Gasteiger partial charge < -0.3 is 10.6 Å². The first-order valence-electron chi connectivity index (χ1n) is 7.70. The number of anilines is 2. The molecule has 0 aromatic heterocycles. The SMILES string of the molecule is CC(C)(C)c1ccc(NC(=O)CC(=O)Nc2ccccc2Br)cc1. The van der Waals surface area contributed by atoms with Crippen LogP contribution in [0.2, 0.25) is 0 Å². The lowest BCUT2D eigenvalue weighted by Crippen LogP contribution is -2.21. The zero-order valence-corrected chi connectivity index (χ0v) is 15.6. The Balaban J connectivity index is 1.91. The van der Waals surface area contributed by atoms with Crippen LogP contribution < -0.4 is 10.6 Å². The minimum atomic E-state index is -0.356. The summed E-state index contributed by atoms with van der Waals surface area (Å²) in [6.07, 6.45) is -0.234. The second-order valence-electron chi connectivity index (χ2n) is 6.58. The van der Waals surface area contributed by atoms with E-state index in [-0.39, 0.29) is 23.7 Å². The Morgan fingerprint density at radius 2 is 1.50 bits per heavy atom. The molecular formula is C19H21BrN2O2. The number of para-hydroxylation sites is 1. The number of benzene rings is 2. The molecule has 0 aliphatic heterocycles. The van der Waals surface area contributed by atoms with E-state index in [0.29, 0.717) is 11.4 Å². The molecule has 0 heterocycles. The summed E-state index contributed by atoms with van der Waals surface area (Å²) in [5.74, 6) is -0.700. The van der Waals surface area contributed by atoms with Crippen molar-refractivity contribution in [3.05, 3.63) is 58.6 Å². The van der Waals surface area contributed by atoms with Crippen molar-refractivity contribution in [2.24, 2.45) is 0 Å². The van der Waals surface area contributed by atoms with Crippen LogP contribution in [0.5, 0.6) is 0 Å². The summed E-state index contributed by atoms with van der Waals surface area (Å²) >= 11 is 3.35. The van der Waals surface area contributed by atoms with Gasteiger partial charge in [0.05, 0.1) is 5.69 Å². The van der Waals surface area contributed by atoms with Gasteiger partial charge in [0.15, 0.2) is 0 Å². The smallest absolute Gasteiger partial charge is 0.233 e. The lowest BCUT2D eigenvalue weighted by atomic mass is 9.87. The predicted molar refractivity (Wildman–Crippen MR) is 101 cm³/mol. The fraction of sp³-hybridized carbons (Fsp3) is 0.263. The Morgan fingerprint density at radius 3 is 2.08 bits per heavy atom. The van der Waals surface area contributed by atoms with Gasteiger partial charge in [-0.05, 0) is 51.2 Å². The van der Waals surface area contributed by atoms with E-state index in [9.17, 15) is 9.59 Å². The molecule has 0 aliphatic rings. The largest absolute Gasteiger partial charge is 0.326 e. The van der Waals surface area contributed by atoms with E-state index in [0.717, 1.165) is 4.47 Å². The summed E-state index contributed by atoms with van der Waals surface area (Å²) < 4.78 is 0.775. The third-order valence-electron chi connectivity index (χ3n) is 3.50. The van der Waals surface area contributed by atoms with Crippen LogP contribution in [-0.2, 0) is 15.0 Å². The number of hydrogen-bond donors (Lipinski definition) is 2. The van der Waals surface area contributed by atoms with Crippen LogP contribution in [0.1, 0.15) is 32.8 Å². The number of halogens is 1. The van der Waals surface area contributed by atoms with E-state index in [1.54, 1.807) is 6.07 Å². The van der Waals surface area contributed by atoms with E-state index in [2.05, 4.69) is 47.3 Å². The molecule has 4 nitrogen and oxygen atoms in total. The molecule has 0 spiro atoms. The zero-order valence-electron chi connectivity index (χ0n) is 14.0. The summed E-state index contributed by atoms with van der Waals surface area (Å²) in [4.78, 5) is 24.0. The second kappa shape index (κ2) is 7.62. The summed E-state index contributed by atoms with van der Waals surface area (Å²) in [5, 5.41) is 5.45. The molecule has 0 unspecified atom stereocenters. The van der Waals surface area contributed by atoms with Crippen molar-refractivity contribution in [2.75, 3.05) is 10.6 Å². The molecule has 24 heavy (non-hydrogen) atoms. The lowest BCUT2D eigenvalue weighted by molar-refractivity contribution is -0.123. The van der Waals surface area contributed by atoms with Gasteiger partial charge in [0.25, 0.3) is 0 Å². The first-order chi connectivity index (χ1) is 11.3. The highest BCUT2D eigenvalue weighted by atomic mass is 79.9. The minimum absolute atomic E-state index is 0.0610. The maximum absolute atomic E-state index is 12.0. The topological polar surface area (TPSA) is 58.2 Å². The van der Waals surface area contributed by atoms with E-state index in [1.807, 2.05) is 42.5 Å². The molecule has 5 heteroatoms. The average molecular weight is 389 g/mol. The highest BCUT2D eigenvalue weighted by Gasteiger charge is 2.14. The summed E-state index contributed by atoms with van der Waals surface area (Å²) in [6, 6.07) is 14.9. The van der Waals surface area contributed by atoms with Crippen molar-refractivity contribution in [3.63, 3.8) is 0 Å². The summed E-state index contributed by atoms with van der Waals surface area (Å²) in [7, 11) is 0. The molecule has 2 aromatic carbocycles. The van der Waals surface area contributed by atoms with Crippen molar-refractivity contribution in [2.45, 2.75) is 32.6 Å². The van der Waals surface area contributed by atoms with Crippen molar-refractivity contribution in [1.29, 1.82) is 0 Å². The van der Waals surface area contributed by atoms with Gasteiger partial charge in [-0.1, -0.05) is 45.0 Å².